The van der Waals surface area contributed by atoms with Crippen molar-refractivity contribution in [2.45, 2.75) is 39.0 Å². The molecule has 0 radical (unpaired) electrons. The number of carbonyl (C=O) groups excluding carboxylic acids is 1. The molecule has 1 N–H and O–H groups in total. The average molecular weight is 454 g/mol. The number of nitrogens with zero attached hydrogens (tertiary/aromatic N) is 2. The summed E-state index contributed by atoms with van der Waals surface area (Å²) >= 11 is 0. The minimum atomic E-state index is -0.565. The molecular weight excluding hydrogens is 418 g/mol. The highest BCUT2D eigenvalue weighted by atomic mass is 16.6. The first-order chi connectivity index (χ1) is 16.2. The number of carbonyl (C=O) groups is 1. The van der Waals surface area contributed by atoms with E-state index >= 15 is 0 Å². The van der Waals surface area contributed by atoms with E-state index in [1.54, 1.807) is 6.92 Å². The van der Waals surface area contributed by atoms with Gasteiger partial charge in [0.15, 0.2) is 6.10 Å². The van der Waals surface area contributed by atoms with E-state index in [0.717, 1.165) is 36.2 Å². The molecule has 2 unspecified atom stereocenters. The Bertz CT molecular complexity index is 865. The number of nitrogens with one attached hydrogen (secondary N) is 1. The topological polar surface area (TPSA) is 72.9 Å². The molecule has 0 amide bonds. The summed E-state index contributed by atoms with van der Waals surface area (Å²) in [6.07, 6.45) is 3.66. The maximum atomic E-state index is 12.0. The van der Waals surface area contributed by atoms with Crippen molar-refractivity contribution in [3.63, 3.8) is 0 Å². The third kappa shape index (κ3) is 6.53. The number of hydrogen-bond donors (Lipinski definition) is 1. The fraction of sp³-hybridized carbons (Fsp3) is 0.538. The number of benzene rings is 1. The Morgan fingerprint density at radius 3 is 2.45 bits per heavy atom. The molecule has 4 rings (SSSR count). The molecule has 1 aromatic carbocycles. The summed E-state index contributed by atoms with van der Waals surface area (Å²) in [5.74, 6) is 2.06. The monoisotopic (exact) mass is 453 g/mol. The number of aromatic nitrogens is 1. The van der Waals surface area contributed by atoms with Gasteiger partial charge in [0, 0.05) is 57.6 Å². The molecule has 4 atom stereocenters. The Morgan fingerprint density at radius 2 is 1.79 bits per heavy atom. The molecule has 178 valence electrons. The first-order valence-electron chi connectivity index (χ1n) is 12.0. The van der Waals surface area contributed by atoms with Crippen LogP contribution in [0.3, 0.4) is 0 Å². The van der Waals surface area contributed by atoms with Crippen LogP contribution < -0.4 is 10.1 Å². The fourth-order valence-corrected chi connectivity index (χ4v) is 4.77. The fourth-order valence-electron chi connectivity index (χ4n) is 4.77. The van der Waals surface area contributed by atoms with Crippen molar-refractivity contribution in [3.05, 3.63) is 59.9 Å². The van der Waals surface area contributed by atoms with E-state index in [0.29, 0.717) is 32.3 Å². The number of rotatable bonds is 13. The standard InChI is InChI=1S/C26H35N3O4/c1-3-31-24(26(30)32-4-2)15-19-5-7-21(8-6-19)33-14-13-28-25-22-17-29(18-23(22)25)16-20-9-11-27-12-10-20/h5-12,22-25,28H,3-4,13-18H2,1-2H3/t22-,23?,24-,25?/m0/s1. The van der Waals surface area contributed by atoms with Crippen LogP contribution in [0.4, 0.5) is 0 Å². The van der Waals surface area contributed by atoms with E-state index in [-0.39, 0.29) is 5.97 Å². The molecule has 1 aromatic heterocycles. The highest BCUT2D eigenvalue weighted by molar-refractivity contribution is 5.75. The first kappa shape index (κ1) is 23.7. The van der Waals surface area contributed by atoms with Gasteiger partial charge in [0.05, 0.1) is 6.61 Å². The number of pyridine rings is 1. The largest absolute Gasteiger partial charge is 0.492 e. The SMILES string of the molecule is CCOC(=O)[C@H](Cc1ccc(OCCNC2C3CN(Cc4ccncc4)C[C@@H]32)cc1)OCC. The molecule has 1 saturated carbocycles. The van der Waals surface area contributed by atoms with Gasteiger partial charge in [0.25, 0.3) is 0 Å². The zero-order chi connectivity index (χ0) is 23.0. The molecule has 2 heterocycles. The molecule has 7 heteroatoms. The average Bonchev–Trinajstić information content (AvgIpc) is 3.28. The molecule has 2 aromatic rings. The molecule has 1 aliphatic heterocycles. The van der Waals surface area contributed by atoms with Crippen molar-refractivity contribution < 1.29 is 19.0 Å². The third-order valence-corrected chi connectivity index (χ3v) is 6.44. The second-order valence-corrected chi connectivity index (χ2v) is 8.75. The van der Waals surface area contributed by atoms with Crippen LogP contribution in [0.1, 0.15) is 25.0 Å². The summed E-state index contributed by atoms with van der Waals surface area (Å²) < 4.78 is 16.5. The molecule has 2 fully saturated rings. The van der Waals surface area contributed by atoms with Crippen LogP contribution in [0.5, 0.6) is 5.75 Å². The summed E-state index contributed by atoms with van der Waals surface area (Å²) in [6.45, 7) is 9.36. The maximum absolute atomic E-state index is 12.0. The normalized spacial score (nSPS) is 22.5. The molecule has 7 nitrogen and oxygen atoms in total. The van der Waals surface area contributed by atoms with Gasteiger partial charge in [-0.2, -0.15) is 0 Å². The quantitative estimate of drug-likeness (QED) is 0.369. The lowest BCUT2D eigenvalue weighted by Gasteiger charge is -2.19. The van der Waals surface area contributed by atoms with Crippen molar-refractivity contribution in [1.29, 1.82) is 0 Å². The van der Waals surface area contributed by atoms with Crippen molar-refractivity contribution in [2.75, 3.05) is 39.5 Å². The van der Waals surface area contributed by atoms with Crippen LogP contribution in [0.2, 0.25) is 0 Å². The Hall–Kier alpha value is -2.48. The maximum Gasteiger partial charge on any atom is 0.335 e. The summed E-state index contributed by atoms with van der Waals surface area (Å²) in [5.41, 5.74) is 2.36. The van der Waals surface area contributed by atoms with Crippen molar-refractivity contribution >= 4 is 5.97 Å². The van der Waals surface area contributed by atoms with Gasteiger partial charge in [0.1, 0.15) is 12.4 Å². The molecule has 0 bridgehead atoms. The van der Waals surface area contributed by atoms with E-state index < -0.39 is 6.10 Å². The van der Waals surface area contributed by atoms with Gasteiger partial charge in [-0.05, 0) is 61.1 Å². The molecular formula is C26H35N3O4. The highest BCUT2D eigenvalue weighted by Gasteiger charge is 2.55. The van der Waals surface area contributed by atoms with Gasteiger partial charge in [-0.25, -0.2) is 4.79 Å². The lowest BCUT2D eigenvalue weighted by molar-refractivity contribution is -0.156. The lowest BCUT2D eigenvalue weighted by atomic mass is 10.1. The second kappa shape index (κ2) is 11.6. The van der Waals surface area contributed by atoms with Gasteiger partial charge in [-0.1, -0.05) is 12.1 Å². The van der Waals surface area contributed by atoms with E-state index in [1.807, 2.05) is 43.6 Å². The Balaban J connectivity index is 1.12. The second-order valence-electron chi connectivity index (χ2n) is 8.75. The van der Waals surface area contributed by atoms with E-state index in [1.165, 1.54) is 18.7 Å². The molecule has 1 saturated heterocycles. The number of hydrogen-bond acceptors (Lipinski definition) is 7. The van der Waals surface area contributed by atoms with Crippen molar-refractivity contribution in [2.24, 2.45) is 11.8 Å². The molecule has 33 heavy (non-hydrogen) atoms. The van der Waals surface area contributed by atoms with Crippen LogP contribution in [0.15, 0.2) is 48.8 Å². The lowest BCUT2D eigenvalue weighted by Crippen LogP contribution is -2.33. The number of fused-ring (bicyclic) bond motifs is 1. The van der Waals surface area contributed by atoms with Crippen LogP contribution in [0.25, 0.3) is 0 Å². The predicted octanol–water partition coefficient (Wildman–Crippen LogP) is 2.69. The Morgan fingerprint density at radius 1 is 1.06 bits per heavy atom. The van der Waals surface area contributed by atoms with Crippen LogP contribution >= 0.6 is 0 Å². The van der Waals surface area contributed by atoms with Crippen LogP contribution in [0, 0.1) is 11.8 Å². The predicted molar refractivity (Wildman–Crippen MR) is 126 cm³/mol. The van der Waals surface area contributed by atoms with E-state index in [2.05, 4.69) is 27.3 Å². The van der Waals surface area contributed by atoms with Crippen LogP contribution in [-0.2, 0) is 27.2 Å². The Labute approximate surface area is 196 Å². The molecule has 2 aliphatic rings. The summed E-state index contributed by atoms with van der Waals surface area (Å²) in [6, 6.07) is 12.7. The van der Waals surface area contributed by atoms with E-state index in [4.69, 9.17) is 14.2 Å². The van der Waals surface area contributed by atoms with Crippen molar-refractivity contribution in [3.8, 4) is 5.75 Å². The minimum absolute atomic E-state index is 0.309. The molecule has 1 aliphatic carbocycles. The summed E-state index contributed by atoms with van der Waals surface area (Å²) in [4.78, 5) is 18.7. The zero-order valence-corrected chi connectivity index (χ0v) is 19.6. The summed E-state index contributed by atoms with van der Waals surface area (Å²) in [7, 11) is 0. The number of likely N-dealkylation sites (tertiary alicyclic amines) is 1. The zero-order valence-electron chi connectivity index (χ0n) is 19.6. The third-order valence-electron chi connectivity index (χ3n) is 6.44. The van der Waals surface area contributed by atoms with Gasteiger partial charge in [0.2, 0.25) is 0 Å². The number of esters is 1. The first-order valence-corrected chi connectivity index (χ1v) is 12.0. The molecule has 0 spiro atoms. The van der Waals surface area contributed by atoms with E-state index in [9.17, 15) is 4.79 Å². The van der Waals surface area contributed by atoms with Crippen molar-refractivity contribution in [1.82, 2.24) is 15.2 Å². The highest BCUT2D eigenvalue weighted by Crippen LogP contribution is 2.45. The van der Waals surface area contributed by atoms with Gasteiger partial charge < -0.3 is 19.5 Å². The van der Waals surface area contributed by atoms with Crippen LogP contribution in [-0.4, -0.2) is 67.5 Å². The smallest absolute Gasteiger partial charge is 0.335 e. The number of ether oxygens (including phenoxy) is 3. The Kier molecular flexibility index (Phi) is 8.31. The van der Waals surface area contributed by atoms with Gasteiger partial charge >= 0.3 is 5.97 Å². The van der Waals surface area contributed by atoms with Gasteiger partial charge in [-0.3, -0.25) is 9.88 Å². The minimum Gasteiger partial charge on any atom is -0.492 e. The summed E-state index contributed by atoms with van der Waals surface area (Å²) in [5, 5.41) is 3.66. The number of piperidine rings is 1. The van der Waals surface area contributed by atoms with Gasteiger partial charge in [-0.15, -0.1) is 0 Å².